The van der Waals surface area contributed by atoms with Gasteiger partial charge in [-0.15, -0.1) is 0 Å². The summed E-state index contributed by atoms with van der Waals surface area (Å²) < 4.78 is 33.9. The zero-order chi connectivity index (χ0) is 20.1. The first-order valence-electron chi connectivity index (χ1n) is 9.98. The number of ether oxygens (including phenoxy) is 1. The Kier molecular flexibility index (Phi) is 6.62. The van der Waals surface area contributed by atoms with Gasteiger partial charge >= 0.3 is 0 Å². The first-order chi connectivity index (χ1) is 13.4. The van der Waals surface area contributed by atoms with Crippen LogP contribution >= 0.6 is 0 Å². The van der Waals surface area contributed by atoms with Crippen LogP contribution < -0.4 is 9.64 Å². The molecule has 0 radical (unpaired) electrons. The lowest BCUT2D eigenvalue weighted by molar-refractivity contribution is 0.307. The number of para-hydroxylation sites is 1. The first-order valence-corrected chi connectivity index (χ1v) is 11.4. The summed E-state index contributed by atoms with van der Waals surface area (Å²) in [6.45, 7) is 8.95. The van der Waals surface area contributed by atoms with Crippen LogP contribution in [0.4, 0.5) is 5.69 Å². The molecule has 1 aliphatic heterocycles. The summed E-state index contributed by atoms with van der Waals surface area (Å²) in [5.41, 5.74) is 2.82. The summed E-state index contributed by atoms with van der Waals surface area (Å²) in [6, 6.07) is 13.6. The highest BCUT2D eigenvalue weighted by Crippen LogP contribution is 2.30. The molecule has 0 unspecified atom stereocenters. The van der Waals surface area contributed by atoms with Crippen LogP contribution in [0.25, 0.3) is 0 Å². The zero-order valence-electron chi connectivity index (χ0n) is 17.0. The average molecular weight is 403 g/mol. The lowest BCUT2D eigenvalue weighted by Crippen LogP contribution is -2.48. The quantitative estimate of drug-likeness (QED) is 0.657. The first kappa shape index (κ1) is 20.7. The maximum atomic E-state index is 13.2. The van der Waals surface area contributed by atoms with Crippen LogP contribution in [0.2, 0.25) is 0 Å². The molecule has 1 saturated heterocycles. The molecule has 0 aliphatic carbocycles. The Bertz CT molecular complexity index is 889. The van der Waals surface area contributed by atoms with Gasteiger partial charge in [0.2, 0.25) is 10.0 Å². The molecule has 0 atom stereocenters. The van der Waals surface area contributed by atoms with Gasteiger partial charge in [-0.1, -0.05) is 31.5 Å². The molecular weight excluding hydrogens is 372 g/mol. The largest absolute Gasteiger partial charge is 0.493 e. The predicted molar refractivity (Wildman–Crippen MR) is 114 cm³/mol. The second-order valence-electron chi connectivity index (χ2n) is 7.24. The van der Waals surface area contributed by atoms with Crippen LogP contribution in [-0.2, 0) is 10.0 Å². The number of nitrogens with zero attached hydrogens (tertiary/aromatic N) is 2. The van der Waals surface area contributed by atoms with E-state index in [0.717, 1.165) is 35.4 Å². The van der Waals surface area contributed by atoms with Gasteiger partial charge in [0, 0.05) is 31.9 Å². The van der Waals surface area contributed by atoms with Crippen LogP contribution in [0, 0.1) is 13.8 Å². The van der Waals surface area contributed by atoms with Crippen LogP contribution in [0.1, 0.15) is 30.9 Å². The van der Waals surface area contributed by atoms with Gasteiger partial charge < -0.3 is 9.64 Å². The number of benzene rings is 2. The van der Waals surface area contributed by atoms with Crippen molar-refractivity contribution in [1.82, 2.24) is 4.31 Å². The van der Waals surface area contributed by atoms with Crippen LogP contribution in [-0.4, -0.2) is 45.5 Å². The van der Waals surface area contributed by atoms with Crippen molar-refractivity contribution in [2.75, 3.05) is 37.7 Å². The van der Waals surface area contributed by atoms with Gasteiger partial charge in [0.15, 0.2) is 0 Å². The highest BCUT2D eigenvalue weighted by atomic mass is 32.2. The van der Waals surface area contributed by atoms with E-state index >= 15 is 0 Å². The van der Waals surface area contributed by atoms with Crippen molar-refractivity contribution in [1.29, 1.82) is 0 Å². The van der Waals surface area contributed by atoms with Gasteiger partial charge in [-0.3, -0.25) is 0 Å². The molecule has 1 heterocycles. The fourth-order valence-electron chi connectivity index (χ4n) is 3.50. The maximum Gasteiger partial charge on any atom is 0.243 e. The normalized spacial score (nSPS) is 15.6. The Morgan fingerprint density at radius 3 is 2.25 bits per heavy atom. The van der Waals surface area contributed by atoms with Gasteiger partial charge in [-0.2, -0.15) is 4.31 Å². The van der Waals surface area contributed by atoms with Crippen molar-refractivity contribution in [2.24, 2.45) is 0 Å². The van der Waals surface area contributed by atoms with E-state index in [0.29, 0.717) is 37.7 Å². The SMILES string of the molecule is CCCCOc1ccc(S(=O)(=O)N2CCN(c3ccccc3)CC2)c(C)c1C. The molecule has 5 nitrogen and oxygen atoms in total. The van der Waals surface area contributed by atoms with E-state index in [1.807, 2.05) is 32.0 Å². The molecule has 1 fully saturated rings. The fraction of sp³-hybridized carbons (Fsp3) is 0.455. The number of hydrogen-bond donors (Lipinski definition) is 0. The van der Waals surface area contributed by atoms with E-state index in [-0.39, 0.29) is 0 Å². The van der Waals surface area contributed by atoms with Crippen molar-refractivity contribution in [3.63, 3.8) is 0 Å². The molecule has 0 aromatic heterocycles. The highest BCUT2D eigenvalue weighted by Gasteiger charge is 2.30. The molecule has 0 spiro atoms. The van der Waals surface area contributed by atoms with E-state index in [1.165, 1.54) is 0 Å². The molecule has 2 aromatic rings. The summed E-state index contributed by atoms with van der Waals surface area (Å²) in [5.74, 6) is 0.777. The van der Waals surface area contributed by atoms with Crippen molar-refractivity contribution in [3.8, 4) is 5.75 Å². The molecule has 2 aromatic carbocycles. The smallest absolute Gasteiger partial charge is 0.243 e. The monoisotopic (exact) mass is 402 g/mol. The lowest BCUT2D eigenvalue weighted by atomic mass is 10.1. The molecule has 152 valence electrons. The molecule has 28 heavy (non-hydrogen) atoms. The standard InChI is InChI=1S/C22H30N2O3S/c1-4-5-17-27-21-11-12-22(19(3)18(21)2)28(25,26)24-15-13-23(14-16-24)20-9-7-6-8-10-20/h6-12H,4-5,13-17H2,1-3H3. The highest BCUT2D eigenvalue weighted by molar-refractivity contribution is 7.89. The number of hydrogen-bond acceptors (Lipinski definition) is 4. The summed E-state index contributed by atoms with van der Waals surface area (Å²) in [7, 11) is -3.51. The molecule has 0 bridgehead atoms. The van der Waals surface area contributed by atoms with Crippen molar-refractivity contribution in [3.05, 3.63) is 53.6 Å². The van der Waals surface area contributed by atoms with Crippen molar-refractivity contribution < 1.29 is 13.2 Å². The third-order valence-corrected chi connectivity index (χ3v) is 7.46. The summed E-state index contributed by atoms with van der Waals surface area (Å²) in [4.78, 5) is 2.62. The van der Waals surface area contributed by atoms with E-state index in [9.17, 15) is 8.42 Å². The number of anilines is 1. The van der Waals surface area contributed by atoms with Crippen molar-refractivity contribution in [2.45, 2.75) is 38.5 Å². The minimum Gasteiger partial charge on any atom is -0.493 e. The fourth-order valence-corrected chi connectivity index (χ4v) is 5.20. The van der Waals surface area contributed by atoms with Gasteiger partial charge in [0.1, 0.15) is 5.75 Å². The topological polar surface area (TPSA) is 49.9 Å². The van der Waals surface area contributed by atoms with Gasteiger partial charge in [-0.05, 0) is 55.7 Å². The molecular formula is C22H30N2O3S. The molecule has 0 amide bonds. The maximum absolute atomic E-state index is 13.2. The summed E-state index contributed by atoms with van der Waals surface area (Å²) >= 11 is 0. The van der Waals surface area contributed by atoms with Gasteiger partial charge in [0.05, 0.1) is 11.5 Å². The van der Waals surface area contributed by atoms with E-state index in [1.54, 1.807) is 16.4 Å². The minimum absolute atomic E-state index is 0.390. The summed E-state index contributed by atoms with van der Waals surface area (Å²) in [6.07, 6.45) is 2.06. The molecule has 1 aliphatic rings. The van der Waals surface area contributed by atoms with E-state index < -0.39 is 10.0 Å². The Balaban J connectivity index is 1.73. The number of piperazine rings is 1. The van der Waals surface area contributed by atoms with Crippen LogP contribution in [0.3, 0.4) is 0 Å². The Morgan fingerprint density at radius 1 is 0.929 bits per heavy atom. The third-order valence-electron chi connectivity index (χ3n) is 5.42. The second-order valence-corrected chi connectivity index (χ2v) is 9.15. The van der Waals surface area contributed by atoms with Gasteiger partial charge in [0.25, 0.3) is 0 Å². The van der Waals surface area contributed by atoms with Crippen molar-refractivity contribution >= 4 is 15.7 Å². The molecule has 0 saturated carbocycles. The van der Waals surface area contributed by atoms with Gasteiger partial charge in [-0.25, -0.2) is 8.42 Å². The minimum atomic E-state index is -3.51. The predicted octanol–water partition coefficient (Wildman–Crippen LogP) is 3.99. The molecule has 0 N–H and O–H groups in total. The lowest BCUT2D eigenvalue weighted by Gasteiger charge is -2.35. The zero-order valence-corrected chi connectivity index (χ0v) is 17.8. The Hall–Kier alpha value is -2.05. The molecule has 3 rings (SSSR count). The van der Waals surface area contributed by atoms with E-state index in [2.05, 4.69) is 24.0 Å². The summed E-state index contributed by atoms with van der Waals surface area (Å²) in [5, 5.41) is 0. The Labute approximate surface area is 169 Å². The number of sulfonamides is 1. The second kappa shape index (κ2) is 8.97. The van der Waals surface area contributed by atoms with E-state index in [4.69, 9.17) is 4.74 Å². The van der Waals surface area contributed by atoms with Crippen LogP contribution in [0.15, 0.2) is 47.4 Å². The van der Waals surface area contributed by atoms with Crippen LogP contribution in [0.5, 0.6) is 5.75 Å². The number of unbranched alkanes of at least 4 members (excludes halogenated alkanes) is 1. The Morgan fingerprint density at radius 2 is 1.61 bits per heavy atom. The average Bonchev–Trinajstić information content (AvgIpc) is 2.72. The molecule has 6 heteroatoms. The number of rotatable bonds is 7. The third kappa shape index (κ3) is 4.33.